The van der Waals surface area contributed by atoms with Crippen molar-refractivity contribution in [2.75, 3.05) is 6.54 Å². The smallest absolute Gasteiger partial charge is 0.220 e. The number of halogens is 1. The van der Waals surface area contributed by atoms with E-state index in [2.05, 4.69) is 5.32 Å². The van der Waals surface area contributed by atoms with E-state index in [4.69, 9.17) is 0 Å². The zero-order chi connectivity index (χ0) is 13.8. The lowest BCUT2D eigenvalue weighted by atomic mass is 9.92. The van der Waals surface area contributed by atoms with Crippen molar-refractivity contribution in [3.63, 3.8) is 0 Å². The Bertz CT molecular complexity index is 392. The first-order valence-electron chi connectivity index (χ1n) is 6.30. The summed E-state index contributed by atoms with van der Waals surface area (Å²) in [5, 5.41) is 2.92. The Labute approximate surface area is 109 Å². The maximum absolute atomic E-state index is 12.8. The average molecular weight is 251 g/mol. The lowest BCUT2D eigenvalue weighted by molar-refractivity contribution is -0.122. The first-order valence-corrected chi connectivity index (χ1v) is 6.30. The van der Waals surface area contributed by atoms with E-state index in [9.17, 15) is 9.18 Å². The van der Waals surface area contributed by atoms with Crippen molar-refractivity contribution in [2.45, 2.75) is 40.0 Å². The maximum atomic E-state index is 12.8. The van der Waals surface area contributed by atoms with E-state index in [-0.39, 0.29) is 23.1 Å². The fraction of sp³-hybridized carbons (Fsp3) is 0.533. The summed E-state index contributed by atoms with van der Waals surface area (Å²) in [5.74, 6) is 0.0219. The molecule has 0 spiro atoms. The number of rotatable bonds is 4. The molecule has 1 atom stereocenters. The van der Waals surface area contributed by atoms with Crippen molar-refractivity contribution in [1.82, 2.24) is 5.32 Å². The molecule has 2 nitrogen and oxygen atoms in total. The van der Waals surface area contributed by atoms with Gasteiger partial charge in [-0.05, 0) is 29.0 Å². The van der Waals surface area contributed by atoms with Crippen molar-refractivity contribution in [3.8, 4) is 0 Å². The van der Waals surface area contributed by atoms with Gasteiger partial charge < -0.3 is 5.32 Å². The van der Waals surface area contributed by atoms with Gasteiger partial charge in [-0.1, -0.05) is 39.8 Å². The van der Waals surface area contributed by atoms with Gasteiger partial charge in [0.15, 0.2) is 0 Å². The van der Waals surface area contributed by atoms with E-state index in [0.717, 1.165) is 5.56 Å². The van der Waals surface area contributed by atoms with Crippen LogP contribution in [0.25, 0.3) is 0 Å². The van der Waals surface area contributed by atoms with Crippen molar-refractivity contribution in [2.24, 2.45) is 5.41 Å². The Morgan fingerprint density at radius 3 is 2.33 bits per heavy atom. The first kappa shape index (κ1) is 14.7. The summed E-state index contributed by atoms with van der Waals surface area (Å²) in [7, 11) is 0. The van der Waals surface area contributed by atoms with Gasteiger partial charge in [0, 0.05) is 13.0 Å². The molecule has 0 fully saturated rings. The lowest BCUT2D eigenvalue weighted by Crippen LogP contribution is -2.30. The summed E-state index contributed by atoms with van der Waals surface area (Å²) in [6.07, 6.45) is 0.517. The number of carbonyl (C=O) groups excluding carboxylic acids is 1. The van der Waals surface area contributed by atoms with Crippen molar-refractivity contribution in [3.05, 3.63) is 35.6 Å². The third-order valence-corrected chi connectivity index (χ3v) is 2.74. The molecule has 0 bridgehead atoms. The molecule has 0 radical (unpaired) electrons. The normalized spacial score (nSPS) is 13.2. The molecule has 0 saturated heterocycles. The summed E-state index contributed by atoms with van der Waals surface area (Å²) in [6.45, 7) is 8.72. The van der Waals surface area contributed by atoms with Gasteiger partial charge >= 0.3 is 0 Å². The van der Waals surface area contributed by atoms with Crippen LogP contribution in [0.15, 0.2) is 24.3 Å². The van der Waals surface area contributed by atoms with E-state index in [1.807, 2.05) is 27.7 Å². The molecule has 18 heavy (non-hydrogen) atoms. The highest BCUT2D eigenvalue weighted by molar-refractivity contribution is 5.76. The molecule has 1 unspecified atom stereocenters. The average Bonchev–Trinajstić information content (AvgIpc) is 2.24. The van der Waals surface area contributed by atoms with Crippen LogP contribution in [-0.4, -0.2) is 12.5 Å². The number of benzene rings is 1. The lowest BCUT2D eigenvalue weighted by Gasteiger charge is -2.19. The number of hydrogen-bond acceptors (Lipinski definition) is 1. The van der Waals surface area contributed by atoms with Crippen LogP contribution in [0, 0.1) is 11.2 Å². The molecule has 0 aliphatic carbocycles. The third-order valence-electron chi connectivity index (χ3n) is 2.74. The van der Waals surface area contributed by atoms with E-state index in [1.165, 1.54) is 12.1 Å². The van der Waals surface area contributed by atoms with Crippen LogP contribution in [0.1, 0.15) is 45.6 Å². The third kappa shape index (κ3) is 5.30. The molecule has 100 valence electrons. The molecular formula is C15H22FNO. The second-order valence-corrected chi connectivity index (χ2v) is 5.99. The number of amides is 1. The summed E-state index contributed by atoms with van der Waals surface area (Å²) >= 11 is 0. The first-order chi connectivity index (χ1) is 8.28. The van der Waals surface area contributed by atoms with Gasteiger partial charge in [-0.15, -0.1) is 0 Å². The zero-order valence-electron chi connectivity index (χ0n) is 11.6. The van der Waals surface area contributed by atoms with Crippen LogP contribution in [-0.2, 0) is 4.79 Å². The van der Waals surface area contributed by atoms with Gasteiger partial charge in [0.05, 0.1) is 0 Å². The molecule has 3 heteroatoms. The molecule has 1 amide bonds. The van der Waals surface area contributed by atoms with E-state index < -0.39 is 0 Å². The monoisotopic (exact) mass is 251 g/mol. The number of hydrogen-bond donors (Lipinski definition) is 1. The molecule has 0 aliphatic heterocycles. The summed E-state index contributed by atoms with van der Waals surface area (Å²) in [5.41, 5.74) is 1.04. The predicted octanol–water partition coefficient (Wildman–Crippen LogP) is 3.48. The van der Waals surface area contributed by atoms with Crippen LogP contribution in [0.4, 0.5) is 4.39 Å². The van der Waals surface area contributed by atoms with Crippen molar-refractivity contribution >= 4 is 5.91 Å². The van der Waals surface area contributed by atoms with Gasteiger partial charge in [0.25, 0.3) is 0 Å². The predicted molar refractivity (Wildman–Crippen MR) is 71.9 cm³/mol. The molecule has 1 N–H and O–H groups in total. The number of nitrogens with one attached hydrogen (secondary N) is 1. The van der Waals surface area contributed by atoms with Crippen LogP contribution < -0.4 is 5.32 Å². The van der Waals surface area contributed by atoms with Crippen LogP contribution in [0.5, 0.6) is 0 Å². The Hall–Kier alpha value is -1.38. The minimum Gasteiger partial charge on any atom is -0.355 e. The summed E-state index contributed by atoms with van der Waals surface area (Å²) in [4.78, 5) is 11.7. The highest BCUT2D eigenvalue weighted by Crippen LogP contribution is 2.18. The molecule has 0 aliphatic rings. The highest BCUT2D eigenvalue weighted by atomic mass is 19.1. The molecule has 1 aromatic carbocycles. The van der Waals surface area contributed by atoms with Gasteiger partial charge in [0.2, 0.25) is 5.91 Å². The van der Waals surface area contributed by atoms with Crippen molar-refractivity contribution < 1.29 is 9.18 Å². The highest BCUT2D eigenvalue weighted by Gasteiger charge is 2.16. The molecule has 0 aromatic heterocycles. The van der Waals surface area contributed by atoms with Crippen molar-refractivity contribution in [1.29, 1.82) is 0 Å². The second kappa shape index (κ2) is 5.98. The molecule has 1 aromatic rings. The quantitative estimate of drug-likeness (QED) is 0.872. The minimum atomic E-state index is -0.234. The zero-order valence-corrected chi connectivity index (χ0v) is 11.6. The second-order valence-electron chi connectivity index (χ2n) is 5.99. The molecule has 1 rings (SSSR count). The fourth-order valence-electron chi connectivity index (χ4n) is 1.72. The summed E-state index contributed by atoms with van der Waals surface area (Å²) < 4.78 is 12.8. The van der Waals surface area contributed by atoms with Crippen LogP contribution in [0.3, 0.4) is 0 Å². The number of carbonyl (C=O) groups is 1. The van der Waals surface area contributed by atoms with Gasteiger partial charge in [-0.3, -0.25) is 4.79 Å². The van der Waals surface area contributed by atoms with Gasteiger partial charge in [-0.25, -0.2) is 4.39 Å². The molecule has 0 heterocycles. The largest absolute Gasteiger partial charge is 0.355 e. The van der Waals surface area contributed by atoms with Gasteiger partial charge in [-0.2, -0.15) is 0 Å². The fourth-order valence-corrected chi connectivity index (χ4v) is 1.72. The molecular weight excluding hydrogens is 229 g/mol. The van der Waals surface area contributed by atoms with E-state index in [0.29, 0.717) is 13.0 Å². The Kier molecular flexibility index (Phi) is 4.88. The minimum absolute atomic E-state index is 0.00317. The SMILES string of the molecule is CC(CNC(=O)CC(C)(C)C)c1ccc(F)cc1. The summed E-state index contributed by atoms with van der Waals surface area (Å²) in [6, 6.07) is 6.41. The maximum Gasteiger partial charge on any atom is 0.220 e. The Balaban J connectivity index is 2.44. The Morgan fingerprint density at radius 2 is 1.83 bits per heavy atom. The van der Waals surface area contributed by atoms with Crippen LogP contribution >= 0.6 is 0 Å². The van der Waals surface area contributed by atoms with Crippen LogP contribution in [0.2, 0.25) is 0 Å². The van der Waals surface area contributed by atoms with Gasteiger partial charge in [0.1, 0.15) is 5.82 Å². The topological polar surface area (TPSA) is 29.1 Å². The molecule has 0 saturated carbocycles. The Morgan fingerprint density at radius 1 is 1.28 bits per heavy atom. The van der Waals surface area contributed by atoms with E-state index >= 15 is 0 Å². The standard InChI is InChI=1S/C15H22FNO/c1-11(12-5-7-13(16)8-6-12)10-17-14(18)9-15(2,3)4/h5-8,11H,9-10H2,1-4H3,(H,17,18). The van der Waals surface area contributed by atoms with E-state index in [1.54, 1.807) is 12.1 Å².